The number of amides is 2. The van der Waals surface area contributed by atoms with Crippen LogP contribution in [0.25, 0.3) is 5.69 Å². The zero-order valence-electron chi connectivity index (χ0n) is 18.0. The topological polar surface area (TPSA) is 76.5 Å². The van der Waals surface area contributed by atoms with Crippen molar-refractivity contribution in [3.63, 3.8) is 0 Å². The fraction of sp³-hybridized carbons (Fsp3) is 0.476. The third-order valence-corrected chi connectivity index (χ3v) is 5.13. The lowest BCUT2D eigenvalue weighted by atomic mass is 9.92. The molecule has 170 valence electrons. The Morgan fingerprint density at radius 3 is 2.52 bits per heavy atom. The molecular formula is C21H27Cl3N4O3. The predicted molar refractivity (Wildman–Crippen MR) is 124 cm³/mol. The number of alkyl halides is 2. The van der Waals surface area contributed by atoms with E-state index in [1.807, 2.05) is 39.0 Å². The van der Waals surface area contributed by atoms with Crippen molar-refractivity contribution in [2.24, 2.45) is 0 Å². The number of hydrogen-bond donors (Lipinski definition) is 1. The standard InChI is InChI=1S/C21H27Cl3N4O3/c1-21(2,3)16-12-17(28(26-16)15-9-6-5-8-14(15)22)25-18(29)13-27(10-7-11-31-4)20(30)19(23)24/h5-6,8-9,12,19H,7,10-11,13H2,1-4H3,(H,25,29). The molecule has 1 aromatic carbocycles. The lowest BCUT2D eigenvalue weighted by Crippen LogP contribution is -2.41. The van der Waals surface area contributed by atoms with Crippen molar-refractivity contribution >= 4 is 52.4 Å². The summed E-state index contributed by atoms with van der Waals surface area (Å²) >= 11 is 17.8. The molecular weight excluding hydrogens is 463 g/mol. The second kappa shape index (κ2) is 11.2. The maximum absolute atomic E-state index is 12.8. The van der Waals surface area contributed by atoms with Crippen LogP contribution in [0.4, 0.5) is 5.82 Å². The molecule has 2 rings (SSSR count). The highest BCUT2D eigenvalue weighted by Crippen LogP contribution is 2.29. The molecule has 0 aliphatic heterocycles. The van der Waals surface area contributed by atoms with Crippen molar-refractivity contribution in [1.29, 1.82) is 0 Å². The van der Waals surface area contributed by atoms with Crippen LogP contribution in [0, 0.1) is 0 Å². The van der Waals surface area contributed by atoms with Gasteiger partial charge in [-0.2, -0.15) is 5.10 Å². The highest BCUT2D eigenvalue weighted by atomic mass is 35.5. The van der Waals surface area contributed by atoms with Crippen molar-refractivity contribution in [2.45, 2.75) is 37.4 Å². The summed E-state index contributed by atoms with van der Waals surface area (Å²) in [6.07, 6.45) is 0.543. The minimum Gasteiger partial charge on any atom is -0.385 e. The lowest BCUT2D eigenvalue weighted by Gasteiger charge is -2.22. The number of hydrogen-bond acceptors (Lipinski definition) is 4. The number of anilines is 1. The molecule has 1 heterocycles. The molecule has 0 aliphatic carbocycles. The second-order valence-electron chi connectivity index (χ2n) is 7.98. The number of carbonyl (C=O) groups is 2. The molecule has 2 aromatic rings. The van der Waals surface area contributed by atoms with E-state index in [1.54, 1.807) is 23.9 Å². The van der Waals surface area contributed by atoms with Gasteiger partial charge in [0.25, 0.3) is 5.91 Å². The van der Waals surface area contributed by atoms with E-state index >= 15 is 0 Å². The number of nitrogens with zero attached hydrogens (tertiary/aromatic N) is 3. The van der Waals surface area contributed by atoms with Gasteiger partial charge in [0, 0.05) is 31.7 Å². The highest BCUT2D eigenvalue weighted by Gasteiger charge is 2.25. The molecule has 1 N–H and O–H groups in total. The zero-order valence-corrected chi connectivity index (χ0v) is 20.3. The van der Waals surface area contributed by atoms with E-state index in [2.05, 4.69) is 10.4 Å². The fourth-order valence-corrected chi connectivity index (χ4v) is 3.30. The first kappa shape index (κ1) is 25.5. The Morgan fingerprint density at radius 1 is 1.26 bits per heavy atom. The summed E-state index contributed by atoms with van der Waals surface area (Å²) in [6, 6.07) is 9.01. The average molecular weight is 490 g/mol. The molecule has 0 spiro atoms. The first-order chi connectivity index (χ1) is 14.5. The summed E-state index contributed by atoms with van der Waals surface area (Å²) in [5.74, 6) is -0.501. The van der Waals surface area contributed by atoms with Crippen LogP contribution in [0.1, 0.15) is 32.9 Å². The number of rotatable bonds is 9. The van der Waals surface area contributed by atoms with Gasteiger partial charge >= 0.3 is 0 Å². The van der Waals surface area contributed by atoms with E-state index < -0.39 is 16.7 Å². The van der Waals surface area contributed by atoms with Gasteiger partial charge in [-0.15, -0.1) is 0 Å². The summed E-state index contributed by atoms with van der Waals surface area (Å²) in [5, 5.41) is 7.97. The second-order valence-corrected chi connectivity index (χ2v) is 9.49. The molecule has 31 heavy (non-hydrogen) atoms. The Morgan fingerprint density at radius 2 is 1.94 bits per heavy atom. The molecule has 0 fully saturated rings. The number of carbonyl (C=O) groups excluding carboxylic acids is 2. The van der Waals surface area contributed by atoms with Crippen LogP contribution >= 0.6 is 34.8 Å². The number of para-hydroxylation sites is 1. The lowest BCUT2D eigenvalue weighted by molar-refractivity contribution is -0.133. The van der Waals surface area contributed by atoms with Crippen LogP contribution in [0.3, 0.4) is 0 Å². The Labute approximate surface area is 197 Å². The molecule has 0 saturated carbocycles. The number of halogens is 3. The van der Waals surface area contributed by atoms with Gasteiger partial charge in [-0.3, -0.25) is 9.59 Å². The number of nitrogens with one attached hydrogen (secondary N) is 1. The van der Waals surface area contributed by atoms with E-state index in [-0.39, 0.29) is 18.5 Å². The van der Waals surface area contributed by atoms with E-state index in [0.717, 1.165) is 5.69 Å². The fourth-order valence-electron chi connectivity index (χ4n) is 2.80. The summed E-state index contributed by atoms with van der Waals surface area (Å²) in [4.78, 5) is 25.2. The largest absolute Gasteiger partial charge is 0.385 e. The SMILES string of the molecule is COCCCN(CC(=O)Nc1cc(C(C)(C)C)nn1-c1ccccc1Cl)C(=O)C(Cl)Cl. The monoisotopic (exact) mass is 488 g/mol. The van der Waals surface area contributed by atoms with Crippen LogP contribution in [0.2, 0.25) is 5.02 Å². The van der Waals surface area contributed by atoms with Gasteiger partial charge in [0.05, 0.1) is 22.9 Å². The Hall–Kier alpha value is -1.80. The number of benzene rings is 1. The maximum Gasteiger partial charge on any atom is 0.256 e. The van der Waals surface area contributed by atoms with Crippen molar-refractivity contribution < 1.29 is 14.3 Å². The summed E-state index contributed by atoms with van der Waals surface area (Å²) in [7, 11) is 1.56. The summed E-state index contributed by atoms with van der Waals surface area (Å²) < 4.78 is 6.60. The highest BCUT2D eigenvalue weighted by molar-refractivity contribution is 6.53. The van der Waals surface area contributed by atoms with Gasteiger partial charge in [0.1, 0.15) is 5.82 Å². The predicted octanol–water partition coefficient (Wildman–Crippen LogP) is 4.43. The van der Waals surface area contributed by atoms with E-state index in [4.69, 9.17) is 39.5 Å². The third-order valence-electron chi connectivity index (χ3n) is 4.44. The Bertz CT molecular complexity index is 910. The molecule has 7 nitrogen and oxygen atoms in total. The van der Waals surface area contributed by atoms with Crippen molar-refractivity contribution in [3.8, 4) is 5.69 Å². The Balaban J connectivity index is 2.29. The molecule has 0 atom stereocenters. The van der Waals surface area contributed by atoms with Gasteiger partial charge in [-0.25, -0.2) is 4.68 Å². The van der Waals surface area contributed by atoms with Crippen molar-refractivity contribution in [2.75, 3.05) is 32.1 Å². The average Bonchev–Trinajstić information content (AvgIpc) is 3.11. The van der Waals surface area contributed by atoms with Crippen LogP contribution < -0.4 is 5.32 Å². The molecule has 10 heteroatoms. The normalized spacial score (nSPS) is 11.6. The van der Waals surface area contributed by atoms with E-state index in [0.29, 0.717) is 29.6 Å². The minimum absolute atomic E-state index is 0.211. The van der Waals surface area contributed by atoms with E-state index in [1.165, 1.54) is 4.90 Å². The molecule has 0 unspecified atom stereocenters. The number of ether oxygens (including phenoxy) is 1. The molecule has 0 radical (unpaired) electrons. The minimum atomic E-state index is -1.25. The molecule has 0 aliphatic rings. The van der Waals surface area contributed by atoms with Crippen LogP contribution in [0.15, 0.2) is 30.3 Å². The van der Waals surface area contributed by atoms with E-state index in [9.17, 15) is 9.59 Å². The molecule has 1 aromatic heterocycles. The Kier molecular flexibility index (Phi) is 9.18. The zero-order chi connectivity index (χ0) is 23.2. The van der Waals surface area contributed by atoms with Gasteiger partial charge in [0.2, 0.25) is 5.91 Å². The quantitative estimate of drug-likeness (QED) is 0.417. The van der Waals surface area contributed by atoms with Gasteiger partial charge in [0.15, 0.2) is 4.84 Å². The van der Waals surface area contributed by atoms with Crippen molar-refractivity contribution in [1.82, 2.24) is 14.7 Å². The molecule has 0 bridgehead atoms. The molecule has 0 saturated heterocycles. The molecule has 2 amide bonds. The third kappa shape index (κ3) is 7.10. The number of methoxy groups -OCH3 is 1. The smallest absolute Gasteiger partial charge is 0.256 e. The number of aromatic nitrogens is 2. The van der Waals surface area contributed by atoms with Gasteiger partial charge in [-0.1, -0.05) is 67.7 Å². The van der Waals surface area contributed by atoms with Crippen LogP contribution in [-0.4, -0.2) is 58.1 Å². The maximum atomic E-state index is 12.8. The van der Waals surface area contributed by atoms with Crippen molar-refractivity contribution in [3.05, 3.63) is 41.0 Å². The van der Waals surface area contributed by atoms with Crippen LogP contribution in [-0.2, 0) is 19.7 Å². The first-order valence-electron chi connectivity index (χ1n) is 9.75. The summed E-state index contributed by atoms with van der Waals surface area (Å²) in [5.41, 5.74) is 1.15. The first-order valence-corrected chi connectivity index (χ1v) is 11.0. The van der Waals surface area contributed by atoms with Crippen LogP contribution in [0.5, 0.6) is 0 Å². The van der Waals surface area contributed by atoms with Gasteiger partial charge in [-0.05, 0) is 18.6 Å². The summed E-state index contributed by atoms with van der Waals surface area (Å²) in [6.45, 7) is 6.58. The van der Waals surface area contributed by atoms with Gasteiger partial charge < -0.3 is 15.0 Å².